The van der Waals surface area contributed by atoms with E-state index in [1.807, 2.05) is 24.3 Å². The van der Waals surface area contributed by atoms with Gasteiger partial charge in [-0.25, -0.2) is 4.68 Å². The molecule has 0 aliphatic carbocycles. The molecule has 0 aliphatic heterocycles. The van der Waals surface area contributed by atoms with Gasteiger partial charge in [-0.1, -0.05) is 71.9 Å². The van der Waals surface area contributed by atoms with Crippen LogP contribution in [-0.4, -0.2) is 24.0 Å². The molecule has 3 rings (SSSR count). The van der Waals surface area contributed by atoms with Gasteiger partial charge in [0.05, 0.1) is 11.2 Å². The van der Waals surface area contributed by atoms with E-state index in [0.717, 1.165) is 22.2 Å². The highest BCUT2D eigenvalue weighted by Gasteiger charge is 2.34. The second-order valence-electron chi connectivity index (χ2n) is 9.35. The van der Waals surface area contributed by atoms with Gasteiger partial charge in [-0.05, 0) is 34.1 Å². The largest absolute Gasteiger partial charge is 0.379 e. The van der Waals surface area contributed by atoms with Crippen molar-refractivity contribution >= 4 is 23.9 Å². The lowest BCUT2D eigenvalue weighted by atomic mass is 9.80. The van der Waals surface area contributed by atoms with Crippen LogP contribution in [0.2, 0.25) is 0 Å². The van der Waals surface area contributed by atoms with Crippen molar-refractivity contribution < 1.29 is 13.6 Å². The fourth-order valence-electron chi connectivity index (χ4n) is 3.49. The van der Waals surface area contributed by atoms with Crippen molar-refractivity contribution in [3.8, 4) is 5.69 Å². The Morgan fingerprint density at radius 3 is 2.07 bits per heavy atom. The van der Waals surface area contributed by atoms with Crippen LogP contribution in [0.1, 0.15) is 52.7 Å². The normalized spacial score (nSPS) is 13.2. The minimum absolute atomic E-state index is 0.0184. The number of hydrogen-bond donors (Lipinski definition) is 0. The summed E-state index contributed by atoms with van der Waals surface area (Å²) in [6.07, 6.45) is 0. The third-order valence-electron chi connectivity index (χ3n) is 5.19. The van der Waals surface area contributed by atoms with E-state index < -0.39 is 7.60 Å². The highest BCUT2D eigenvalue weighted by molar-refractivity contribution is 7.62. The first kappa shape index (κ1) is 21.8. The molecule has 0 saturated heterocycles. The summed E-state index contributed by atoms with van der Waals surface area (Å²) in [5.41, 5.74) is 4.32. The number of fused-ring (bicyclic) bond motifs is 1. The Kier molecular flexibility index (Phi) is 5.55. The predicted molar refractivity (Wildman–Crippen MR) is 120 cm³/mol. The summed E-state index contributed by atoms with van der Waals surface area (Å²) >= 11 is 0. The SMILES string of the molecule is COP(=O)(OC)c1c2ccccc2nn1-c1ccc(C(C)(C)C)cc1C(C)(C)C. The van der Waals surface area contributed by atoms with E-state index in [4.69, 9.17) is 14.1 Å². The van der Waals surface area contributed by atoms with Crippen LogP contribution in [0.25, 0.3) is 16.6 Å². The number of benzene rings is 2. The number of rotatable bonds is 4. The average Bonchev–Trinajstić information content (AvgIpc) is 3.05. The molecule has 0 radical (unpaired) electrons. The quantitative estimate of drug-likeness (QED) is 0.512. The summed E-state index contributed by atoms with van der Waals surface area (Å²) in [6.45, 7) is 13.1. The maximum Gasteiger partial charge on any atom is 0.379 e. The third-order valence-corrected chi connectivity index (χ3v) is 7.10. The van der Waals surface area contributed by atoms with Crippen molar-refractivity contribution in [1.29, 1.82) is 0 Å². The van der Waals surface area contributed by atoms with Crippen LogP contribution < -0.4 is 5.44 Å². The fourth-order valence-corrected chi connectivity index (χ4v) is 4.85. The number of nitrogens with zero attached hydrogens (tertiary/aromatic N) is 2. The number of hydrogen-bond acceptors (Lipinski definition) is 4. The molecule has 3 aromatic rings. The first-order valence-electron chi connectivity index (χ1n) is 9.77. The summed E-state index contributed by atoms with van der Waals surface area (Å²) in [6, 6.07) is 14.0. The summed E-state index contributed by atoms with van der Waals surface area (Å²) in [5.74, 6) is 0. The molecule has 156 valence electrons. The Balaban J connectivity index is 2.42. The molecule has 0 atom stereocenters. The molecule has 0 fully saturated rings. The summed E-state index contributed by atoms with van der Waals surface area (Å²) in [5, 5.41) is 5.56. The van der Waals surface area contributed by atoms with Crippen molar-refractivity contribution in [3.05, 3.63) is 53.6 Å². The predicted octanol–water partition coefficient (Wildman–Crippen LogP) is 5.73. The van der Waals surface area contributed by atoms with Crippen molar-refractivity contribution in [3.63, 3.8) is 0 Å². The Bertz CT molecular complexity index is 1080. The van der Waals surface area contributed by atoms with Crippen LogP contribution in [0.4, 0.5) is 0 Å². The van der Waals surface area contributed by atoms with Crippen molar-refractivity contribution in [1.82, 2.24) is 9.78 Å². The highest BCUT2D eigenvalue weighted by atomic mass is 31.2. The molecule has 0 unspecified atom stereocenters. The maximum absolute atomic E-state index is 13.5. The monoisotopic (exact) mass is 414 g/mol. The minimum atomic E-state index is -3.55. The summed E-state index contributed by atoms with van der Waals surface area (Å²) in [7, 11) is -0.737. The van der Waals surface area contributed by atoms with Gasteiger partial charge in [0.15, 0.2) is 5.44 Å². The van der Waals surface area contributed by atoms with Gasteiger partial charge < -0.3 is 9.05 Å². The van der Waals surface area contributed by atoms with Gasteiger partial charge in [-0.15, -0.1) is 0 Å². The van der Waals surface area contributed by atoms with Crippen LogP contribution in [-0.2, 0) is 24.4 Å². The first-order valence-corrected chi connectivity index (χ1v) is 11.3. The topological polar surface area (TPSA) is 53.4 Å². The zero-order valence-corrected chi connectivity index (χ0v) is 19.5. The lowest BCUT2D eigenvalue weighted by Crippen LogP contribution is -2.24. The van der Waals surface area contributed by atoms with Gasteiger partial charge in [0.25, 0.3) is 0 Å². The molecule has 2 aromatic carbocycles. The van der Waals surface area contributed by atoms with Crippen molar-refractivity contribution in [2.24, 2.45) is 0 Å². The maximum atomic E-state index is 13.5. The van der Waals surface area contributed by atoms with Crippen LogP contribution in [0, 0.1) is 0 Å². The molecule has 1 aromatic heterocycles. The average molecular weight is 414 g/mol. The van der Waals surface area contributed by atoms with Crippen molar-refractivity contribution in [2.75, 3.05) is 14.2 Å². The smallest absolute Gasteiger partial charge is 0.307 e. The standard InChI is InChI=1S/C23H31N2O3P/c1-22(2,3)16-13-14-20(18(15-16)23(4,5)6)25-21(29(26,27-7)28-8)17-11-9-10-12-19(17)24-25/h9-15H,1-8H3. The second-order valence-corrected chi connectivity index (χ2v) is 11.5. The Morgan fingerprint density at radius 2 is 1.52 bits per heavy atom. The fraction of sp³-hybridized carbons (Fsp3) is 0.435. The van der Waals surface area contributed by atoms with Crippen LogP contribution in [0.5, 0.6) is 0 Å². The molecule has 0 bridgehead atoms. The number of aromatic nitrogens is 2. The Morgan fingerprint density at radius 1 is 0.897 bits per heavy atom. The lowest BCUT2D eigenvalue weighted by molar-refractivity contribution is 0.286. The van der Waals surface area contributed by atoms with Gasteiger partial charge in [0, 0.05) is 19.6 Å². The highest BCUT2D eigenvalue weighted by Crippen LogP contribution is 2.48. The van der Waals surface area contributed by atoms with E-state index in [0.29, 0.717) is 5.44 Å². The molecule has 0 spiro atoms. The van der Waals surface area contributed by atoms with Gasteiger partial charge in [-0.3, -0.25) is 4.57 Å². The zero-order valence-electron chi connectivity index (χ0n) is 18.6. The minimum Gasteiger partial charge on any atom is -0.307 e. The molecule has 0 aliphatic rings. The van der Waals surface area contributed by atoms with Crippen LogP contribution >= 0.6 is 7.60 Å². The van der Waals surface area contributed by atoms with Crippen LogP contribution in [0.3, 0.4) is 0 Å². The molecular weight excluding hydrogens is 383 g/mol. The zero-order chi connectivity index (χ0) is 21.6. The molecule has 0 saturated carbocycles. The molecule has 5 nitrogen and oxygen atoms in total. The van der Waals surface area contributed by atoms with Gasteiger partial charge in [0.1, 0.15) is 0 Å². The molecule has 1 heterocycles. The molecule has 0 N–H and O–H groups in total. The van der Waals surface area contributed by atoms with E-state index >= 15 is 0 Å². The summed E-state index contributed by atoms with van der Waals surface area (Å²) in [4.78, 5) is 0. The van der Waals surface area contributed by atoms with Gasteiger partial charge in [-0.2, -0.15) is 5.10 Å². The van der Waals surface area contributed by atoms with Gasteiger partial charge >= 0.3 is 7.60 Å². The third kappa shape index (κ3) is 3.92. The van der Waals surface area contributed by atoms with E-state index in [9.17, 15) is 4.57 Å². The molecule has 6 heteroatoms. The van der Waals surface area contributed by atoms with E-state index in [2.05, 4.69) is 59.7 Å². The van der Waals surface area contributed by atoms with Gasteiger partial charge in [0.2, 0.25) is 0 Å². The summed E-state index contributed by atoms with van der Waals surface area (Å²) < 4.78 is 26.0. The van der Waals surface area contributed by atoms with Crippen molar-refractivity contribution in [2.45, 2.75) is 52.4 Å². The van der Waals surface area contributed by atoms with E-state index in [1.165, 1.54) is 19.8 Å². The van der Waals surface area contributed by atoms with E-state index in [1.54, 1.807) is 4.68 Å². The molecule has 29 heavy (non-hydrogen) atoms. The first-order chi connectivity index (χ1) is 13.4. The Labute approximate surface area is 173 Å². The Hall–Kier alpha value is -1.94. The second kappa shape index (κ2) is 7.39. The lowest BCUT2D eigenvalue weighted by Gasteiger charge is -2.28. The molecular formula is C23H31N2O3P. The van der Waals surface area contributed by atoms with Crippen LogP contribution in [0.15, 0.2) is 42.5 Å². The van der Waals surface area contributed by atoms with E-state index in [-0.39, 0.29) is 10.8 Å². The molecule has 0 amide bonds.